The third-order valence-corrected chi connectivity index (χ3v) is 3.58. The van der Waals surface area contributed by atoms with Crippen LogP contribution in [-0.4, -0.2) is 46.9 Å². The minimum atomic E-state index is -3.60. The van der Waals surface area contributed by atoms with E-state index in [1.807, 2.05) is 0 Å². The van der Waals surface area contributed by atoms with Crippen molar-refractivity contribution in [2.75, 3.05) is 33.4 Å². The molecule has 0 unspecified atom stereocenters. The predicted molar refractivity (Wildman–Crippen MR) is 69.2 cm³/mol. The molecule has 0 spiro atoms. The van der Waals surface area contributed by atoms with Crippen LogP contribution >= 0.6 is 0 Å². The van der Waals surface area contributed by atoms with Crippen LogP contribution in [0.3, 0.4) is 0 Å². The molecule has 0 fully saturated rings. The number of sulfonamides is 1. The number of nitrogens with one attached hydrogen (secondary N) is 2. The fourth-order valence-electron chi connectivity index (χ4n) is 1.39. The number of aliphatic hydroxyl groups excluding tert-OH is 1. The first-order valence-electron chi connectivity index (χ1n) is 6.01. The molecule has 1 heterocycles. The Morgan fingerprint density at radius 1 is 1.37 bits per heavy atom. The largest absolute Gasteiger partial charge is 0.447 e. The molecule has 7 nitrogen and oxygen atoms in total. The van der Waals surface area contributed by atoms with E-state index >= 15 is 0 Å². The molecule has 0 saturated heterocycles. The molecule has 0 aliphatic heterocycles. The molecule has 1 aromatic rings. The van der Waals surface area contributed by atoms with Crippen LogP contribution in [0.5, 0.6) is 0 Å². The van der Waals surface area contributed by atoms with Gasteiger partial charge in [-0.1, -0.05) is 0 Å². The Kier molecular flexibility index (Phi) is 7.03. The van der Waals surface area contributed by atoms with Crippen molar-refractivity contribution in [3.05, 3.63) is 17.9 Å². The predicted octanol–water partition coefficient (Wildman–Crippen LogP) is -0.324. The summed E-state index contributed by atoms with van der Waals surface area (Å²) >= 11 is 0. The Labute approximate surface area is 113 Å². The molecule has 19 heavy (non-hydrogen) atoms. The second-order valence-corrected chi connectivity index (χ2v) is 5.54. The number of hydrogen-bond donors (Lipinski definition) is 3. The molecule has 0 bridgehead atoms. The van der Waals surface area contributed by atoms with E-state index in [1.54, 1.807) is 13.1 Å². The van der Waals surface area contributed by atoms with Gasteiger partial charge in [0.2, 0.25) is 5.09 Å². The SMILES string of the molecule is CNCc1ccc(S(=O)(=O)NCCCOCCO)o1. The van der Waals surface area contributed by atoms with E-state index in [1.165, 1.54) is 6.07 Å². The van der Waals surface area contributed by atoms with Crippen LogP contribution in [0.4, 0.5) is 0 Å². The standard InChI is InChI=1S/C11H20N2O5S/c1-12-9-10-3-4-11(18-10)19(15,16)13-5-2-7-17-8-6-14/h3-4,12-14H,2,5-9H2,1H3. The van der Waals surface area contributed by atoms with Crippen molar-refractivity contribution < 1.29 is 22.7 Å². The molecular formula is C11H20N2O5S. The average molecular weight is 292 g/mol. The van der Waals surface area contributed by atoms with E-state index in [0.717, 1.165) is 0 Å². The van der Waals surface area contributed by atoms with Crippen molar-refractivity contribution in [3.63, 3.8) is 0 Å². The van der Waals surface area contributed by atoms with E-state index in [2.05, 4.69) is 10.0 Å². The summed E-state index contributed by atoms with van der Waals surface area (Å²) in [4.78, 5) is 0. The zero-order valence-corrected chi connectivity index (χ0v) is 11.7. The summed E-state index contributed by atoms with van der Waals surface area (Å²) in [6.07, 6.45) is 0.531. The highest BCUT2D eigenvalue weighted by atomic mass is 32.2. The maximum Gasteiger partial charge on any atom is 0.273 e. The first kappa shape index (κ1) is 16.1. The van der Waals surface area contributed by atoms with Gasteiger partial charge < -0.3 is 19.6 Å². The fourth-order valence-corrected chi connectivity index (χ4v) is 2.41. The maximum atomic E-state index is 11.8. The normalized spacial score (nSPS) is 11.9. The summed E-state index contributed by atoms with van der Waals surface area (Å²) in [7, 11) is -1.85. The Morgan fingerprint density at radius 2 is 2.16 bits per heavy atom. The second-order valence-electron chi connectivity index (χ2n) is 3.84. The van der Waals surface area contributed by atoms with Crippen LogP contribution in [0.2, 0.25) is 0 Å². The van der Waals surface area contributed by atoms with Gasteiger partial charge in [0, 0.05) is 13.2 Å². The number of furan rings is 1. The smallest absolute Gasteiger partial charge is 0.273 e. The average Bonchev–Trinajstić information content (AvgIpc) is 2.83. The molecule has 1 rings (SSSR count). The molecule has 0 saturated carbocycles. The van der Waals surface area contributed by atoms with Crippen LogP contribution in [-0.2, 0) is 21.3 Å². The number of ether oxygens (including phenoxy) is 1. The zero-order chi connectivity index (χ0) is 14.1. The molecule has 0 aliphatic rings. The molecule has 0 aliphatic carbocycles. The van der Waals surface area contributed by atoms with E-state index < -0.39 is 10.0 Å². The second kappa shape index (κ2) is 8.28. The molecule has 8 heteroatoms. The van der Waals surface area contributed by atoms with Crippen LogP contribution < -0.4 is 10.0 Å². The van der Waals surface area contributed by atoms with Crippen molar-refractivity contribution in [1.82, 2.24) is 10.0 Å². The molecular weight excluding hydrogens is 272 g/mol. The monoisotopic (exact) mass is 292 g/mol. The maximum absolute atomic E-state index is 11.8. The lowest BCUT2D eigenvalue weighted by Gasteiger charge is -2.04. The first-order chi connectivity index (χ1) is 9.10. The highest BCUT2D eigenvalue weighted by Gasteiger charge is 2.17. The lowest BCUT2D eigenvalue weighted by Crippen LogP contribution is -2.25. The van der Waals surface area contributed by atoms with Gasteiger partial charge in [-0.05, 0) is 25.6 Å². The van der Waals surface area contributed by atoms with Crippen molar-refractivity contribution in [3.8, 4) is 0 Å². The van der Waals surface area contributed by atoms with Crippen LogP contribution in [0.25, 0.3) is 0 Å². The van der Waals surface area contributed by atoms with Gasteiger partial charge in [0.25, 0.3) is 10.0 Å². The fraction of sp³-hybridized carbons (Fsp3) is 0.636. The molecule has 3 N–H and O–H groups in total. The highest BCUT2D eigenvalue weighted by molar-refractivity contribution is 7.89. The molecule has 0 atom stereocenters. The van der Waals surface area contributed by atoms with Gasteiger partial charge in [0.05, 0.1) is 19.8 Å². The van der Waals surface area contributed by atoms with Gasteiger partial charge in [-0.3, -0.25) is 0 Å². The van der Waals surface area contributed by atoms with Crippen molar-refractivity contribution >= 4 is 10.0 Å². The van der Waals surface area contributed by atoms with Gasteiger partial charge in [0.15, 0.2) is 0 Å². The summed E-state index contributed by atoms with van der Waals surface area (Å²) in [6.45, 7) is 1.36. The Balaban J connectivity index is 2.38. The van der Waals surface area contributed by atoms with Crippen LogP contribution in [0.1, 0.15) is 12.2 Å². The molecule has 0 aromatic carbocycles. The van der Waals surface area contributed by atoms with Gasteiger partial charge >= 0.3 is 0 Å². The molecule has 1 aromatic heterocycles. The van der Waals surface area contributed by atoms with Gasteiger partial charge in [-0.15, -0.1) is 0 Å². The van der Waals surface area contributed by atoms with Crippen LogP contribution in [0, 0.1) is 0 Å². The van der Waals surface area contributed by atoms with Gasteiger partial charge in [-0.2, -0.15) is 0 Å². The third kappa shape index (κ3) is 5.70. The lowest BCUT2D eigenvalue weighted by atomic mass is 10.4. The third-order valence-electron chi connectivity index (χ3n) is 2.25. The summed E-state index contributed by atoms with van der Waals surface area (Å²) in [5, 5.41) is 11.3. The van der Waals surface area contributed by atoms with E-state index in [-0.39, 0.29) is 24.9 Å². The van der Waals surface area contributed by atoms with Gasteiger partial charge in [0.1, 0.15) is 5.76 Å². The van der Waals surface area contributed by atoms with Gasteiger partial charge in [-0.25, -0.2) is 13.1 Å². The van der Waals surface area contributed by atoms with E-state index in [9.17, 15) is 8.42 Å². The van der Waals surface area contributed by atoms with Crippen LogP contribution in [0.15, 0.2) is 21.6 Å². The molecule has 0 radical (unpaired) electrons. The Bertz CT molecular complexity index is 457. The quantitative estimate of drug-likeness (QED) is 0.511. The molecule has 0 amide bonds. The summed E-state index contributed by atoms with van der Waals surface area (Å²) in [5.74, 6) is 0.564. The number of rotatable bonds is 10. The topological polar surface area (TPSA) is 101 Å². The van der Waals surface area contributed by atoms with Crippen molar-refractivity contribution in [2.45, 2.75) is 18.1 Å². The zero-order valence-electron chi connectivity index (χ0n) is 10.9. The first-order valence-corrected chi connectivity index (χ1v) is 7.50. The lowest BCUT2D eigenvalue weighted by molar-refractivity contribution is 0.0913. The summed E-state index contributed by atoms with van der Waals surface area (Å²) in [5.41, 5.74) is 0. The minimum absolute atomic E-state index is 0.0354. The highest BCUT2D eigenvalue weighted by Crippen LogP contribution is 2.13. The molecule has 110 valence electrons. The summed E-state index contributed by atoms with van der Waals surface area (Å²) in [6, 6.07) is 3.05. The van der Waals surface area contributed by atoms with Crippen molar-refractivity contribution in [1.29, 1.82) is 0 Å². The Hall–Kier alpha value is -0.930. The van der Waals surface area contributed by atoms with E-state index in [0.29, 0.717) is 25.3 Å². The summed E-state index contributed by atoms with van der Waals surface area (Å²) < 4.78 is 36.3. The minimum Gasteiger partial charge on any atom is -0.447 e. The number of aliphatic hydroxyl groups is 1. The van der Waals surface area contributed by atoms with Crippen molar-refractivity contribution in [2.24, 2.45) is 0 Å². The Morgan fingerprint density at radius 3 is 2.84 bits per heavy atom. The number of hydrogen-bond acceptors (Lipinski definition) is 6. The van der Waals surface area contributed by atoms with E-state index in [4.69, 9.17) is 14.3 Å².